The molecule has 0 spiro atoms. The second kappa shape index (κ2) is 7.73. The highest BCUT2D eigenvalue weighted by Crippen LogP contribution is 2.24. The van der Waals surface area contributed by atoms with Gasteiger partial charge in [0.2, 0.25) is 0 Å². The van der Waals surface area contributed by atoms with Gasteiger partial charge in [-0.15, -0.1) is 11.3 Å². The molecule has 4 rings (SSSR count). The van der Waals surface area contributed by atoms with Gasteiger partial charge in [-0.05, 0) is 26.0 Å². The second-order valence-corrected chi connectivity index (χ2v) is 10.4. The minimum absolute atomic E-state index is 0.0659. The molecule has 0 radical (unpaired) electrons. The van der Waals surface area contributed by atoms with E-state index in [-0.39, 0.29) is 12.2 Å². The predicted molar refractivity (Wildman–Crippen MR) is 107 cm³/mol. The Balaban J connectivity index is 1.36. The van der Waals surface area contributed by atoms with E-state index >= 15 is 0 Å². The molecule has 9 heteroatoms. The monoisotopic (exact) mass is 410 g/mol. The fraction of sp³-hybridized carbons (Fsp3) is 0.611. The summed E-state index contributed by atoms with van der Waals surface area (Å²) in [5.41, 5.74) is 1.04. The number of nitrogens with zero attached hydrogens (tertiary/aromatic N) is 4. The fourth-order valence-electron chi connectivity index (χ4n) is 3.78. The van der Waals surface area contributed by atoms with Crippen molar-refractivity contribution < 1.29 is 13.2 Å². The number of fused-ring (bicyclic) bond motifs is 1. The zero-order valence-corrected chi connectivity index (χ0v) is 17.4. The molecule has 2 atom stereocenters. The van der Waals surface area contributed by atoms with Crippen molar-refractivity contribution in [1.29, 1.82) is 0 Å². The summed E-state index contributed by atoms with van der Waals surface area (Å²) in [5, 5.41) is 1.09. The van der Waals surface area contributed by atoms with Gasteiger partial charge in [0.25, 0.3) is 10.2 Å². The van der Waals surface area contributed by atoms with E-state index in [1.54, 1.807) is 19.9 Å². The molecule has 1 aromatic carbocycles. The van der Waals surface area contributed by atoms with E-state index in [0.717, 1.165) is 30.2 Å². The van der Waals surface area contributed by atoms with Gasteiger partial charge < -0.3 is 4.74 Å². The lowest BCUT2D eigenvalue weighted by Crippen LogP contribution is -2.56. The van der Waals surface area contributed by atoms with Crippen LogP contribution in [0.2, 0.25) is 0 Å². The van der Waals surface area contributed by atoms with E-state index in [1.165, 1.54) is 4.70 Å². The number of rotatable bonds is 4. The smallest absolute Gasteiger partial charge is 0.282 e. The molecule has 0 amide bonds. The summed E-state index contributed by atoms with van der Waals surface area (Å²) in [5.74, 6) is 0. The lowest BCUT2D eigenvalue weighted by molar-refractivity contribution is -0.0457. The SMILES string of the molecule is CC1CN(S(=O)(=O)N2CCN(Cc3nc4ccccc4s3)CC2)CC(C)O1. The maximum absolute atomic E-state index is 13.0. The van der Waals surface area contributed by atoms with Gasteiger partial charge in [0.15, 0.2) is 0 Å². The van der Waals surface area contributed by atoms with Crippen molar-refractivity contribution in [3.05, 3.63) is 29.3 Å². The van der Waals surface area contributed by atoms with Gasteiger partial charge in [0.05, 0.1) is 29.0 Å². The average Bonchev–Trinajstić information content (AvgIpc) is 3.03. The Kier molecular flexibility index (Phi) is 5.50. The summed E-state index contributed by atoms with van der Waals surface area (Å²) in [7, 11) is -3.42. The Morgan fingerprint density at radius 3 is 2.41 bits per heavy atom. The highest BCUT2D eigenvalue weighted by atomic mass is 32.2. The zero-order valence-electron chi connectivity index (χ0n) is 15.7. The third kappa shape index (κ3) is 4.18. The largest absolute Gasteiger partial charge is 0.373 e. The Morgan fingerprint density at radius 2 is 1.74 bits per heavy atom. The predicted octanol–water partition coefficient (Wildman–Crippen LogP) is 1.77. The first-order chi connectivity index (χ1) is 12.9. The minimum atomic E-state index is -3.42. The molecule has 2 saturated heterocycles. The first-order valence-electron chi connectivity index (χ1n) is 9.39. The number of piperazine rings is 1. The van der Waals surface area contributed by atoms with Crippen molar-refractivity contribution in [3.63, 3.8) is 0 Å². The highest BCUT2D eigenvalue weighted by molar-refractivity contribution is 7.86. The molecule has 3 heterocycles. The normalized spacial score (nSPS) is 26.6. The molecule has 2 fully saturated rings. The summed E-state index contributed by atoms with van der Waals surface area (Å²) in [4.78, 5) is 6.97. The molecule has 0 saturated carbocycles. The van der Waals surface area contributed by atoms with Crippen molar-refractivity contribution in [2.24, 2.45) is 0 Å². The molecular formula is C18H26N4O3S2. The molecule has 2 aliphatic rings. The molecule has 2 aliphatic heterocycles. The van der Waals surface area contributed by atoms with Crippen LogP contribution >= 0.6 is 11.3 Å². The highest BCUT2D eigenvalue weighted by Gasteiger charge is 2.36. The van der Waals surface area contributed by atoms with E-state index in [2.05, 4.69) is 16.0 Å². The maximum Gasteiger partial charge on any atom is 0.282 e. The number of ether oxygens (including phenoxy) is 1. The summed E-state index contributed by atoms with van der Waals surface area (Å²) < 4.78 is 36.0. The quantitative estimate of drug-likeness (QED) is 0.769. The van der Waals surface area contributed by atoms with Gasteiger partial charge in [0, 0.05) is 39.3 Å². The molecule has 0 N–H and O–H groups in total. The van der Waals surface area contributed by atoms with Crippen LogP contribution in [0.25, 0.3) is 10.2 Å². The van der Waals surface area contributed by atoms with Crippen LogP contribution in [0.15, 0.2) is 24.3 Å². The van der Waals surface area contributed by atoms with Crippen molar-refractivity contribution >= 4 is 31.8 Å². The van der Waals surface area contributed by atoms with Gasteiger partial charge in [-0.3, -0.25) is 4.90 Å². The number of morpholine rings is 1. The standard InChI is InChI=1S/C18H26N4O3S2/c1-14-11-22(12-15(2)25-14)27(23,24)21-9-7-20(8-10-21)13-18-19-16-5-3-4-6-17(16)26-18/h3-6,14-15H,7-13H2,1-2H3. The number of aromatic nitrogens is 1. The van der Waals surface area contributed by atoms with Crippen molar-refractivity contribution in [2.75, 3.05) is 39.3 Å². The van der Waals surface area contributed by atoms with Gasteiger partial charge in [-0.2, -0.15) is 17.0 Å². The number of benzene rings is 1. The van der Waals surface area contributed by atoms with E-state index in [1.807, 2.05) is 32.0 Å². The van der Waals surface area contributed by atoms with Crippen LogP contribution < -0.4 is 0 Å². The number of thiazole rings is 1. The van der Waals surface area contributed by atoms with Crippen LogP contribution in [0.1, 0.15) is 18.9 Å². The third-order valence-corrected chi connectivity index (χ3v) is 8.06. The molecule has 2 aromatic rings. The van der Waals surface area contributed by atoms with Crippen molar-refractivity contribution in [2.45, 2.75) is 32.6 Å². The molecular weight excluding hydrogens is 384 g/mol. The molecule has 1 aromatic heterocycles. The van der Waals surface area contributed by atoms with Gasteiger partial charge >= 0.3 is 0 Å². The Bertz CT molecular complexity index is 850. The number of para-hydroxylation sites is 1. The Morgan fingerprint density at radius 1 is 1.07 bits per heavy atom. The Labute approximate surface area is 164 Å². The summed E-state index contributed by atoms with van der Waals surface area (Å²) >= 11 is 1.71. The molecule has 2 unspecified atom stereocenters. The molecule has 0 bridgehead atoms. The summed E-state index contributed by atoms with van der Waals surface area (Å²) in [6.07, 6.45) is -0.132. The first kappa shape index (κ1) is 19.2. The zero-order chi connectivity index (χ0) is 19.0. The average molecular weight is 411 g/mol. The van der Waals surface area contributed by atoms with E-state index < -0.39 is 10.2 Å². The van der Waals surface area contributed by atoms with Crippen molar-refractivity contribution in [3.8, 4) is 0 Å². The maximum atomic E-state index is 13.0. The second-order valence-electron chi connectivity index (χ2n) is 7.33. The summed E-state index contributed by atoms with van der Waals surface area (Å²) in [6.45, 7) is 7.98. The lowest BCUT2D eigenvalue weighted by Gasteiger charge is -2.40. The third-order valence-electron chi connectivity index (χ3n) is 5.07. The molecule has 7 nitrogen and oxygen atoms in total. The van der Waals surface area contributed by atoms with Crippen LogP contribution in [-0.2, 0) is 21.5 Å². The summed E-state index contributed by atoms with van der Waals surface area (Å²) in [6, 6.07) is 8.15. The van der Waals surface area contributed by atoms with Crippen molar-refractivity contribution in [1.82, 2.24) is 18.5 Å². The van der Waals surface area contributed by atoms with Gasteiger partial charge in [-0.25, -0.2) is 4.98 Å². The van der Waals surface area contributed by atoms with Crippen LogP contribution in [-0.4, -0.2) is 78.4 Å². The van der Waals surface area contributed by atoms with Crippen LogP contribution in [0.4, 0.5) is 0 Å². The Hall–Kier alpha value is -1.10. The van der Waals surface area contributed by atoms with Crippen LogP contribution in [0, 0.1) is 0 Å². The number of hydrogen-bond acceptors (Lipinski definition) is 6. The minimum Gasteiger partial charge on any atom is -0.373 e. The molecule has 148 valence electrons. The molecule has 0 aliphatic carbocycles. The van der Waals surface area contributed by atoms with Crippen LogP contribution in [0.3, 0.4) is 0 Å². The number of hydrogen-bond donors (Lipinski definition) is 0. The van der Waals surface area contributed by atoms with E-state index in [0.29, 0.717) is 26.2 Å². The topological polar surface area (TPSA) is 66.0 Å². The van der Waals surface area contributed by atoms with E-state index in [4.69, 9.17) is 4.74 Å². The van der Waals surface area contributed by atoms with Gasteiger partial charge in [-0.1, -0.05) is 12.1 Å². The fourth-order valence-corrected chi connectivity index (χ4v) is 6.54. The van der Waals surface area contributed by atoms with Crippen LogP contribution in [0.5, 0.6) is 0 Å². The molecule has 27 heavy (non-hydrogen) atoms. The van der Waals surface area contributed by atoms with Gasteiger partial charge in [0.1, 0.15) is 5.01 Å². The lowest BCUT2D eigenvalue weighted by atomic mass is 10.3. The first-order valence-corrected chi connectivity index (χ1v) is 11.6. The van der Waals surface area contributed by atoms with E-state index in [9.17, 15) is 8.42 Å².